The van der Waals surface area contributed by atoms with Crippen LogP contribution in [0.1, 0.15) is 18.4 Å². The van der Waals surface area contributed by atoms with E-state index in [9.17, 15) is 39.6 Å². The number of sulfonamides is 1. The lowest BCUT2D eigenvalue weighted by molar-refractivity contribution is -0.165. The number of rotatable bonds is 8. The van der Waals surface area contributed by atoms with Crippen LogP contribution in [0, 0.1) is 17.2 Å². The normalized spacial score (nSPS) is 19.7. The largest absolute Gasteiger partial charge is 0.485 e. The minimum Gasteiger partial charge on any atom is -0.485 e. The molecule has 2 heterocycles. The van der Waals surface area contributed by atoms with Crippen LogP contribution in [0.3, 0.4) is 0 Å². The zero-order chi connectivity index (χ0) is 33.0. The molecule has 246 valence electrons. The second kappa shape index (κ2) is 11.7. The SMILES string of the molecule is COC(=O)C1CC2(C1)CN(C[C@H]1CN(S(=O)(=O)c3cccc(C(F)(F)F)c3)c3cc(-c4cc(F)cc(OC(F)F)c4)ccc3O1)C2. The Balaban J connectivity index is 1.31. The summed E-state index contributed by atoms with van der Waals surface area (Å²) in [5, 5.41) is 0. The van der Waals surface area contributed by atoms with Crippen LogP contribution < -0.4 is 13.8 Å². The fourth-order valence-electron chi connectivity index (χ4n) is 6.57. The molecule has 1 atom stereocenters. The number of carbonyl (C=O) groups excluding carboxylic acids is 1. The highest BCUT2D eigenvalue weighted by molar-refractivity contribution is 7.92. The predicted octanol–water partition coefficient (Wildman–Crippen LogP) is 5.95. The van der Waals surface area contributed by atoms with Crippen LogP contribution in [0.2, 0.25) is 0 Å². The molecule has 0 amide bonds. The van der Waals surface area contributed by atoms with Gasteiger partial charge < -0.3 is 14.2 Å². The molecule has 0 unspecified atom stereocenters. The summed E-state index contributed by atoms with van der Waals surface area (Å²) in [6, 6.07) is 10.6. The highest BCUT2D eigenvalue weighted by Gasteiger charge is 2.55. The fraction of sp³-hybridized carbons (Fsp3) is 0.387. The van der Waals surface area contributed by atoms with Crippen LogP contribution in [-0.2, 0) is 25.7 Å². The molecule has 46 heavy (non-hydrogen) atoms. The summed E-state index contributed by atoms with van der Waals surface area (Å²) in [6.45, 7) is -1.84. The van der Waals surface area contributed by atoms with Crippen molar-refractivity contribution in [2.24, 2.45) is 11.3 Å². The molecule has 3 aromatic rings. The monoisotopic (exact) mass is 670 g/mol. The van der Waals surface area contributed by atoms with Crippen LogP contribution in [0.5, 0.6) is 11.5 Å². The molecule has 0 radical (unpaired) electrons. The third kappa shape index (κ3) is 6.21. The molecule has 3 aromatic carbocycles. The van der Waals surface area contributed by atoms with E-state index in [0.29, 0.717) is 38.5 Å². The topological polar surface area (TPSA) is 85.4 Å². The number of ether oxygens (including phenoxy) is 3. The van der Waals surface area contributed by atoms with Crippen molar-refractivity contribution >= 4 is 21.7 Å². The Morgan fingerprint density at radius 3 is 2.46 bits per heavy atom. The highest BCUT2D eigenvalue weighted by Crippen LogP contribution is 2.52. The molecule has 1 aliphatic carbocycles. The molecule has 2 aliphatic heterocycles. The number of nitrogens with zero attached hydrogens (tertiary/aromatic N) is 2. The number of alkyl halides is 5. The van der Waals surface area contributed by atoms with Crippen molar-refractivity contribution in [2.45, 2.75) is 36.6 Å². The van der Waals surface area contributed by atoms with Gasteiger partial charge in [0.2, 0.25) is 0 Å². The van der Waals surface area contributed by atoms with Gasteiger partial charge in [0.15, 0.2) is 0 Å². The number of anilines is 1. The second-order valence-electron chi connectivity index (χ2n) is 11.8. The van der Waals surface area contributed by atoms with E-state index in [4.69, 9.17) is 9.47 Å². The van der Waals surface area contributed by atoms with Gasteiger partial charge in [-0.15, -0.1) is 0 Å². The maximum absolute atomic E-state index is 14.3. The molecule has 0 bridgehead atoms. The van der Waals surface area contributed by atoms with Crippen LogP contribution in [0.15, 0.2) is 65.6 Å². The number of halogens is 6. The Labute approximate surface area is 260 Å². The van der Waals surface area contributed by atoms with Gasteiger partial charge in [0.05, 0.1) is 35.7 Å². The molecular weight excluding hydrogens is 642 g/mol. The van der Waals surface area contributed by atoms with E-state index >= 15 is 0 Å². The van der Waals surface area contributed by atoms with E-state index in [1.54, 1.807) is 0 Å². The molecule has 15 heteroatoms. The average molecular weight is 671 g/mol. The Morgan fingerprint density at radius 1 is 1.04 bits per heavy atom. The molecule has 0 N–H and O–H groups in total. The van der Waals surface area contributed by atoms with Gasteiger partial charge in [0.25, 0.3) is 10.0 Å². The Kier molecular flexibility index (Phi) is 8.12. The third-order valence-corrected chi connectivity index (χ3v) is 10.3. The van der Waals surface area contributed by atoms with E-state index in [2.05, 4.69) is 9.64 Å². The molecule has 2 fully saturated rings. The number of likely N-dealkylation sites (tertiary alicyclic amines) is 1. The van der Waals surface area contributed by atoms with Crippen molar-refractivity contribution in [3.63, 3.8) is 0 Å². The number of hydrogen-bond acceptors (Lipinski definition) is 7. The highest BCUT2D eigenvalue weighted by atomic mass is 32.2. The second-order valence-corrected chi connectivity index (χ2v) is 13.7. The van der Waals surface area contributed by atoms with Crippen LogP contribution in [0.4, 0.5) is 32.0 Å². The van der Waals surface area contributed by atoms with E-state index in [-0.39, 0.29) is 46.4 Å². The summed E-state index contributed by atoms with van der Waals surface area (Å²) in [4.78, 5) is 13.3. The first-order valence-corrected chi connectivity index (χ1v) is 15.7. The number of esters is 1. The van der Waals surface area contributed by atoms with Gasteiger partial charge >= 0.3 is 18.8 Å². The molecule has 1 spiro atoms. The van der Waals surface area contributed by atoms with E-state index in [1.807, 2.05) is 0 Å². The minimum absolute atomic E-state index is 0.0215. The lowest BCUT2D eigenvalue weighted by Crippen LogP contribution is -2.65. The Bertz CT molecular complexity index is 1750. The summed E-state index contributed by atoms with van der Waals surface area (Å²) < 4.78 is 125. The quantitative estimate of drug-likeness (QED) is 0.216. The number of hydrogen-bond donors (Lipinski definition) is 0. The van der Waals surface area contributed by atoms with Crippen molar-refractivity contribution in [3.05, 3.63) is 72.0 Å². The lowest BCUT2D eigenvalue weighted by Gasteiger charge is -2.59. The smallest absolute Gasteiger partial charge is 0.416 e. The summed E-state index contributed by atoms with van der Waals surface area (Å²) in [6.07, 6.45) is -4.13. The molecule has 1 saturated carbocycles. The van der Waals surface area contributed by atoms with E-state index in [1.165, 1.54) is 25.3 Å². The molecule has 8 nitrogen and oxygen atoms in total. The van der Waals surface area contributed by atoms with Crippen molar-refractivity contribution in [1.82, 2.24) is 4.90 Å². The molecule has 0 aromatic heterocycles. The van der Waals surface area contributed by atoms with Gasteiger partial charge in [-0.05, 0) is 71.8 Å². The van der Waals surface area contributed by atoms with Gasteiger partial charge in [-0.3, -0.25) is 14.0 Å². The third-order valence-electron chi connectivity index (χ3n) is 8.54. The summed E-state index contributed by atoms with van der Waals surface area (Å²) in [7, 11) is -3.25. The first-order chi connectivity index (χ1) is 21.7. The van der Waals surface area contributed by atoms with Crippen molar-refractivity contribution < 1.29 is 53.8 Å². The number of benzene rings is 3. The van der Waals surface area contributed by atoms with Gasteiger partial charge in [0.1, 0.15) is 23.4 Å². The first kappa shape index (κ1) is 32.0. The van der Waals surface area contributed by atoms with Gasteiger partial charge in [-0.1, -0.05) is 12.1 Å². The predicted molar refractivity (Wildman–Crippen MR) is 152 cm³/mol. The average Bonchev–Trinajstić information content (AvgIpc) is 2.95. The van der Waals surface area contributed by atoms with Crippen LogP contribution >= 0.6 is 0 Å². The Morgan fingerprint density at radius 2 is 1.78 bits per heavy atom. The van der Waals surface area contributed by atoms with Crippen LogP contribution in [0.25, 0.3) is 11.1 Å². The zero-order valence-electron chi connectivity index (χ0n) is 24.3. The van der Waals surface area contributed by atoms with Crippen LogP contribution in [-0.4, -0.2) is 65.3 Å². The molecule has 6 rings (SSSR count). The Hall–Kier alpha value is -3.98. The summed E-state index contributed by atoms with van der Waals surface area (Å²) in [5.41, 5.74) is -0.878. The van der Waals surface area contributed by atoms with E-state index in [0.717, 1.165) is 40.7 Å². The van der Waals surface area contributed by atoms with Crippen molar-refractivity contribution in [2.75, 3.05) is 37.6 Å². The fourth-order valence-corrected chi connectivity index (χ4v) is 8.12. The van der Waals surface area contributed by atoms with Gasteiger partial charge in [-0.25, -0.2) is 12.8 Å². The first-order valence-electron chi connectivity index (χ1n) is 14.2. The lowest BCUT2D eigenvalue weighted by atomic mass is 9.57. The number of fused-ring (bicyclic) bond motifs is 1. The molecular formula is C31H28F6N2O6S. The number of carbonyl (C=O) groups is 1. The van der Waals surface area contributed by atoms with E-state index < -0.39 is 50.9 Å². The van der Waals surface area contributed by atoms with Gasteiger partial charge in [-0.2, -0.15) is 22.0 Å². The van der Waals surface area contributed by atoms with Gasteiger partial charge in [0, 0.05) is 25.7 Å². The summed E-state index contributed by atoms with van der Waals surface area (Å²) >= 11 is 0. The standard InChI is InChI=1S/C31H28F6N2O6S/c1-43-28(40)20-12-30(13-20)16-38(17-30)14-24-15-39(46(41,42)25-4-2-3-21(10-25)31(35,36)37)26-9-18(5-6-27(26)44-24)19-7-22(32)11-23(8-19)45-29(33)34/h2-11,20,24,29H,12-17H2,1H3/t24-/m0/s1. The summed E-state index contributed by atoms with van der Waals surface area (Å²) in [5.74, 6) is -1.62. The molecule has 1 saturated heterocycles. The van der Waals surface area contributed by atoms with Crippen molar-refractivity contribution in [3.8, 4) is 22.6 Å². The number of methoxy groups -OCH3 is 1. The molecule has 3 aliphatic rings. The zero-order valence-corrected chi connectivity index (χ0v) is 25.1. The minimum atomic E-state index is -4.79. The maximum Gasteiger partial charge on any atom is 0.416 e. The van der Waals surface area contributed by atoms with Crippen molar-refractivity contribution in [1.29, 1.82) is 0 Å². The maximum atomic E-state index is 14.3.